The van der Waals surface area contributed by atoms with E-state index < -0.39 is 5.41 Å². The Morgan fingerprint density at radius 1 is 0.788 bits per heavy atom. The smallest absolute Gasteiger partial charge is 0.316 e. The van der Waals surface area contributed by atoms with Gasteiger partial charge in [0, 0.05) is 5.41 Å². The zero-order valence-corrected chi connectivity index (χ0v) is 21.4. The maximum atomic E-state index is 11.6. The van der Waals surface area contributed by atoms with Crippen LogP contribution < -0.4 is 16.2 Å². The topological polar surface area (TPSA) is 116 Å². The van der Waals surface area contributed by atoms with Gasteiger partial charge in [0.15, 0.2) is 0 Å². The van der Waals surface area contributed by atoms with E-state index in [0.29, 0.717) is 24.6 Å². The molecule has 0 aromatic heterocycles. The summed E-state index contributed by atoms with van der Waals surface area (Å²) in [6.45, 7) is 12.1. The molecule has 0 atom stereocenters. The summed E-state index contributed by atoms with van der Waals surface area (Å²) in [5.41, 5.74) is 12.3. The number of benzene rings is 2. The van der Waals surface area contributed by atoms with Gasteiger partial charge >= 0.3 is 5.97 Å². The van der Waals surface area contributed by atoms with Gasteiger partial charge in [0.2, 0.25) is 5.24 Å². The number of hydrogen-bond acceptors (Lipinski definition) is 6. The number of phenols is 1. The van der Waals surface area contributed by atoms with Crippen molar-refractivity contribution in [3.63, 3.8) is 0 Å². The average molecular weight is 479 g/mol. The van der Waals surface area contributed by atoms with Crippen molar-refractivity contribution in [1.29, 1.82) is 0 Å². The van der Waals surface area contributed by atoms with E-state index in [9.17, 15) is 9.59 Å². The Morgan fingerprint density at radius 3 is 1.45 bits per heavy atom. The number of esters is 1. The summed E-state index contributed by atoms with van der Waals surface area (Å²) >= 11 is 5.11. The van der Waals surface area contributed by atoms with Crippen LogP contribution in [-0.4, -0.2) is 29.4 Å². The van der Waals surface area contributed by atoms with E-state index in [2.05, 4.69) is 0 Å². The van der Waals surface area contributed by atoms with Gasteiger partial charge in [-0.3, -0.25) is 9.59 Å². The molecule has 6 nitrogen and oxygen atoms in total. The van der Waals surface area contributed by atoms with Crippen LogP contribution in [0.1, 0.15) is 52.7 Å². The number of nitrogens with two attached hydrogens (primary N) is 2. The van der Waals surface area contributed by atoms with Gasteiger partial charge in [-0.1, -0.05) is 45.0 Å². The molecule has 5 N–H and O–H groups in total. The summed E-state index contributed by atoms with van der Waals surface area (Å²) in [6.07, 6.45) is 1.72. The minimum Gasteiger partial charge on any atom is -0.508 e. The highest BCUT2D eigenvalue weighted by atomic mass is 35.5. The number of carbonyl (C=O) groups is 2. The van der Waals surface area contributed by atoms with Gasteiger partial charge in [-0.05, 0) is 93.7 Å². The molecular formula is C26H39ClN2O4. The first kappa shape index (κ1) is 30.6. The Hall–Kier alpha value is -2.41. The van der Waals surface area contributed by atoms with Crippen LogP contribution in [0.15, 0.2) is 48.5 Å². The molecule has 0 aliphatic heterocycles. The average Bonchev–Trinajstić information content (AvgIpc) is 2.71. The van der Waals surface area contributed by atoms with Crippen LogP contribution in [0, 0.1) is 10.8 Å². The predicted molar refractivity (Wildman–Crippen MR) is 135 cm³/mol. The predicted octanol–water partition coefficient (Wildman–Crippen LogP) is 4.83. The number of phenolic OH excluding ortho intramolecular Hbond substituents is 1. The maximum Gasteiger partial charge on any atom is 0.316 e. The van der Waals surface area contributed by atoms with E-state index in [4.69, 9.17) is 32.9 Å². The number of aromatic hydroxyl groups is 1. The fourth-order valence-corrected chi connectivity index (χ4v) is 1.98. The summed E-state index contributed by atoms with van der Waals surface area (Å²) in [4.78, 5) is 21.8. The van der Waals surface area contributed by atoms with Crippen molar-refractivity contribution >= 4 is 22.8 Å². The molecule has 184 valence electrons. The first-order valence-corrected chi connectivity index (χ1v) is 11.3. The largest absolute Gasteiger partial charge is 0.508 e. The Bertz CT molecular complexity index is 837. The van der Waals surface area contributed by atoms with Gasteiger partial charge in [-0.2, -0.15) is 0 Å². The van der Waals surface area contributed by atoms with Crippen molar-refractivity contribution in [1.82, 2.24) is 0 Å². The first-order valence-electron chi connectivity index (χ1n) is 10.9. The molecule has 2 aromatic carbocycles. The molecule has 0 unspecified atom stereocenters. The fourth-order valence-electron chi connectivity index (χ4n) is 1.98. The number of halogens is 1. The summed E-state index contributed by atoms with van der Waals surface area (Å²) < 4.78 is 5.24. The van der Waals surface area contributed by atoms with Gasteiger partial charge in [-0.25, -0.2) is 0 Å². The zero-order valence-electron chi connectivity index (χ0n) is 20.7. The highest BCUT2D eigenvalue weighted by Crippen LogP contribution is 2.20. The van der Waals surface area contributed by atoms with Crippen molar-refractivity contribution in [3.8, 4) is 11.5 Å². The van der Waals surface area contributed by atoms with Gasteiger partial charge in [0.25, 0.3) is 0 Å². The molecule has 0 radical (unpaired) electrons. The molecule has 2 rings (SSSR count). The highest BCUT2D eigenvalue weighted by molar-refractivity contribution is 6.64. The molecule has 0 fully saturated rings. The van der Waals surface area contributed by atoms with E-state index in [1.165, 1.54) is 5.56 Å². The minimum atomic E-state index is -0.476. The van der Waals surface area contributed by atoms with E-state index in [1.807, 2.05) is 45.0 Å². The van der Waals surface area contributed by atoms with Crippen molar-refractivity contribution in [2.45, 2.75) is 54.4 Å². The van der Waals surface area contributed by atoms with Gasteiger partial charge in [-0.15, -0.1) is 0 Å². The lowest BCUT2D eigenvalue weighted by atomic mass is 9.97. The monoisotopic (exact) mass is 478 g/mol. The van der Waals surface area contributed by atoms with E-state index in [-0.39, 0.29) is 16.6 Å². The second-order valence-electron chi connectivity index (χ2n) is 9.55. The normalized spacial score (nSPS) is 10.8. The van der Waals surface area contributed by atoms with Crippen LogP contribution >= 0.6 is 11.6 Å². The maximum absolute atomic E-state index is 11.6. The first-order chi connectivity index (χ1) is 15.2. The molecule has 33 heavy (non-hydrogen) atoms. The van der Waals surface area contributed by atoms with Crippen molar-refractivity contribution in [2.75, 3.05) is 13.1 Å². The molecule has 2 aromatic rings. The molecule has 0 bridgehead atoms. The summed E-state index contributed by atoms with van der Waals surface area (Å²) in [6, 6.07) is 14.6. The third kappa shape index (κ3) is 14.4. The van der Waals surface area contributed by atoms with Crippen LogP contribution in [0.25, 0.3) is 0 Å². The Morgan fingerprint density at radius 2 is 1.15 bits per heavy atom. The van der Waals surface area contributed by atoms with Gasteiger partial charge in [0.05, 0.1) is 5.41 Å². The van der Waals surface area contributed by atoms with Crippen LogP contribution in [0.2, 0.25) is 0 Å². The number of rotatable bonds is 5. The molecule has 0 saturated carbocycles. The third-order valence-corrected chi connectivity index (χ3v) is 4.71. The Kier molecular flexibility index (Phi) is 13.6. The summed E-state index contributed by atoms with van der Waals surface area (Å²) in [5, 5.41) is 8.61. The lowest BCUT2D eigenvalue weighted by Gasteiger charge is -2.16. The number of carbonyl (C=O) groups excluding carboxylic acids is 2. The summed E-state index contributed by atoms with van der Waals surface area (Å²) in [7, 11) is 0. The van der Waals surface area contributed by atoms with E-state index in [1.54, 1.807) is 45.0 Å². The number of ether oxygens (including phenoxy) is 1. The lowest BCUT2D eigenvalue weighted by Crippen LogP contribution is -2.25. The van der Waals surface area contributed by atoms with Crippen molar-refractivity contribution < 1.29 is 19.4 Å². The molecule has 0 aliphatic rings. The minimum absolute atomic E-state index is 0.223. The van der Waals surface area contributed by atoms with Crippen molar-refractivity contribution in [3.05, 3.63) is 59.7 Å². The van der Waals surface area contributed by atoms with Crippen molar-refractivity contribution in [2.24, 2.45) is 22.3 Å². The molecule has 0 amide bonds. The van der Waals surface area contributed by atoms with Crippen LogP contribution in [0.4, 0.5) is 0 Å². The molecular weight excluding hydrogens is 440 g/mol. The Labute approximate surface area is 203 Å². The second-order valence-corrected chi connectivity index (χ2v) is 9.89. The van der Waals surface area contributed by atoms with Crippen LogP contribution in [0.3, 0.4) is 0 Å². The van der Waals surface area contributed by atoms with E-state index >= 15 is 0 Å². The fraction of sp³-hybridized carbons (Fsp3) is 0.462. The Balaban J connectivity index is 0.000000514. The zero-order chi connectivity index (χ0) is 25.7. The quantitative estimate of drug-likeness (QED) is 0.322. The lowest BCUT2D eigenvalue weighted by molar-refractivity contribution is -0.143. The van der Waals surface area contributed by atoms with Crippen LogP contribution in [-0.2, 0) is 22.4 Å². The standard InChI is InChI=1S/C13H19NO2.C8H11NO.C5H9ClO/c1-13(2,3)12(15)16-11-6-4-10(5-7-11)8-9-14;9-6-5-7-1-3-8(10)4-2-7;1-5(2,3)4(6)7/h4-7H,8-9,14H2,1-3H3;1-4,10H,5-6,9H2;1-3H3. The SMILES string of the molecule is CC(C)(C)C(=O)Cl.CC(C)(C)C(=O)Oc1ccc(CCN)cc1.NCCc1ccc(O)cc1. The third-order valence-electron chi connectivity index (χ3n) is 4.14. The van der Waals surface area contributed by atoms with Gasteiger partial charge in [0.1, 0.15) is 11.5 Å². The van der Waals surface area contributed by atoms with E-state index in [0.717, 1.165) is 18.4 Å². The van der Waals surface area contributed by atoms with Gasteiger partial charge < -0.3 is 21.3 Å². The molecule has 0 spiro atoms. The number of hydrogen-bond donors (Lipinski definition) is 3. The molecule has 7 heteroatoms. The van der Waals surface area contributed by atoms with Crippen LogP contribution in [0.5, 0.6) is 11.5 Å². The molecule has 0 aliphatic carbocycles. The molecule has 0 heterocycles. The highest BCUT2D eigenvalue weighted by Gasteiger charge is 2.23. The second kappa shape index (κ2) is 14.7. The molecule has 0 saturated heterocycles. The summed E-state index contributed by atoms with van der Waals surface area (Å²) in [5.74, 6) is 0.667.